The van der Waals surface area contributed by atoms with E-state index < -0.39 is 5.82 Å². The van der Waals surface area contributed by atoms with Gasteiger partial charge in [0.1, 0.15) is 11.9 Å². The number of halogens is 1. The normalized spacial score (nSPS) is 16.7. The molecule has 30 heavy (non-hydrogen) atoms. The van der Waals surface area contributed by atoms with E-state index in [-0.39, 0.29) is 11.5 Å². The van der Waals surface area contributed by atoms with Gasteiger partial charge in [-0.25, -0.2) is 4.39 Å². The lowest BCUT2D eigenvalue weighted by atomic mass is 9.95. The number of rotatable bonds is 1. The minimum absolute atomic E-state index is 0.0305. The number of carbonyl (C=O) groups excluding carboxylic acids is 1. The summed E-state index contributed by atoms with van der Waals surface area (Å²) in [4.78, 5) is 13.3. The molecule has 0 fully saturated rings. The third-order valence-electron chi connectivity index (χ3n) is 5.88. The third-order valence-corrected chi connectivity index (χ3v) is 5.88. The average Bonchev–Trinajstić information content (AvgIpc) is 2.99. The third kappa shape index (κ3) is 3.93. The molecular weight excluding hydrogens is 375 g/mol. The minimum Gasteiger partial charge on any atom is -0.284 e. The van der Waals surface area contributed by atoms with Crippen LogP contribution >= 0.6 is 0 Å². The van der Waals surface area contributed by atoms with Crippen molar-refractivity contribution in [3.05, 3.63) is 70.8 Å². The van der Waals surface area contributed by atoms with Crippen LogP contribution in [-0.2, 0) is 6.42 Å². The van der Waals surface area contributed by atoms with Gasteiger partial charge in [0.2, 0.25) is 5.91 Å². The van der Waals surface area contributed by atoms with Crippen molar-refractivity contribution in [3.8, 4) is 17.2 Å². The first kappa shape index (κ1) is 20.1. The maximum Gasteiger partial charge on any atom is 0.231 e. The van der Waals surface area contributed by atoms with E-state index in [2.05, 4.69) is 0 Å². The summed E-state index contributed by atoms with van der Waals surface area (Å²) in [5, 5.41) is 9.11. The number of allylic oxidation sites excluding steroid dienone is 4. The summed E-state index contributed by atoms with van der Waals surface area (Å²) < 4.78 is 16.4. The van der Waals surface area contributed by atoms with Gasteiger partial charge >= 0.3 is 0 Å². The van der Waals surface area contributed by atoms with Crippen molar-refractivity contribution in [1.82, 2.24) is 4.57 Å². The molecule has 0 radical (unpaired) electrons. The molecule has 2 aromatic rings. The fraction of sp³-hybridized carbons (Fsp3) is 0.308. The Morgan fingerprint density at radius 1 is 0.900 bits per heavy atom. The Kier molecular flexibility index (Phi) is 6.09. The van der Waals surface area contributed by atoms with E-state index in [1.54, 1.807) is 6.07 Å². The number of carbonyl (C=O) groups is 1. The van der Waals surface area contributed by atoms with E-state index in [1.807, 2.05) is 47.1 Å². The second-order valence-electron chi connectivity index (χ2n) is 7.88. The minimum atomic E-state index is -0.531. The van der Waals surface area contributed by atoms with E-state index in [1.165, 1.54) is 25.0 Å². The lowest BCUT2D eigenvalue weighted by Gasteiger charge is -2.12. The topological polar surface area (TPSA) is 45.8 Å². The van der Waals surface area contributed by atoms with Gasteiger partial charge in [0, 0.05) is 23.2 Å². The van der Waals surface area contributed by atoms with E-state index in [9.17, 15) is 9.18 Å². The number of benzene rings is 1. The molecule has 1 aliphatic carbocycles. The number of nitrogens with zero attached hydrogens (tertiary/aromatic N) is 2. The summed E-state index contributed by atoms with van der Waals surface area (Å²) >= 11 is 0. The van der Waals surface area contributed by atoms with Crippen molar-refractivity contribution in [2.75, 3.05) is 0 Å². The lowest BCUT2D eigenvalue weighted by molar-refractivity contribution is 0.0896. The van der Waals surface area contributed by atoms with Crippen molar-refractivity contribution in [2.24, 2.45) is 0 Å². The highest BCUT2D eigenvalue weighted by molar-refractivity contribution is 5.92. The quantitative estimate of drug-likeness (QED) is 0.535. The molecule has 0 saturated carbocycles. The molecule has 2 aliphatic rings. The first-order valence-corrected chi connectivity index (χ1v) is 10.7. The van der Waals surface area contributed by atoms with Crippen LogP contribution in [0.2, 0.25) is 0 Å². The molecule has 0 unspecified atom stereocenters. The Morgan fingerprint density at radius 3 is 2.33 bits per heavy atom. The van der Waals surface area contributed by atoms with Gasteiger partial charge in [0.25, 0.3) is 0 Å². The van der Waals surface area contributed by atoms with Crippen LogP contribution < -0.4 is 0 Å². The Morgan fingerprint density at radius 2 is 1.60 bits per heavy atom. The highest BCUT2D eigenvalue weighted by Gasteiger charge is 2.25. The average molecular weight is 400 g/mol. The molecule has 152 valence electrons. The molecule has 0 saturated heterocycles. The summed E-state index contributed by atoms with van der Waals surface area (Å²) in [6.45, 7) is 0. The number of hydrogen-bond acceptors (Lipinski definition) is 2. The zero-order valence-electron chi connectivity index (χ0n) is 17.0. The van der Waals surface area contributed by atoms with Crippen LogP contribution in [0, 0.1) is 17.1 Å². The van der Waals surface area contributed by atoms with Gasteiger partial charge in [-0.3, -0.25) is 9.36 Å². The first-order chi connectivity index (χ1) is 14.7. The fourth-order valence-electron chi connectivity index (χ4n) is 4.41. The molecule has 0 bridgehead atoms. The van der Waals surface area contributed by atoms with Crippen LogP contribution in [0.25, 0.3) is 23.3 Å². The molecular formula is C26H25FN2O. The molecule has 0 atom stereocenters. The predicted octanol–water partition coefficient (Wildman–Crippen LogP) is 6.69. The monoisotopic (exact) mass is 400 g/mol. The van der Waals surface area contributed by atoms with Crippen molar-refractivity contribution >= 4 is 18.1 Å². The van der Waals surface area contributed by atoms with Gasteiger partial charge in [0.05, 0.1) is 11.3 Å². The smallest absolute Gasteiger partial charge is 0.231 e. The highest BCUT2D eigenvalue weighted by Crippen LogP contribution is 2.37. The van der Waals surface area contributed by atoms with Crippen LogP contribution in [0.5, 0.6) is 0 Å². The number of fused-ring (bicyclic) bond motifs is 3. The molecule has 4 rings (SSSR count). The van der Waals surface area contributed by atoms with Gasteiger partial charge < -0.3 is 0 Å². The van der Waals surface area contributed by atoms with Crippen molar-refractivity contribution in [2.45, 2.75) is 51.4 Å². The molecule has 3 nitrogen and oxygen atoms in total. The Hall–Kier alpha value is -3.19. The highest BCUT2D eigenvalue weighted by atomic mass is 19.1. The van der Waals surface area contributed by atoms with Crippen LogP contribution in [0.4, 0.5) is 4.39 Å². The largest absolute Gasteiger partial charge is 0.284 e. The number of nitriles is 1. The van der Waals surface area contributed by atoms with Crippen LogP contribution in [0.1, 0.15) is 72.3 Å². The molecule has 0 amide bonds. The Balaban J connectivity index is 1.97. The summed E-state index contributed by atoms with van der Waals surface area (Å²) in [7, 11) is 0. The van der Waals surface area contributed by atoms with Crippen LogP contribution in [0.15, 0.2) is 42.5 Å². The number of hydrogen-bond donors (Lipinski definition) is 0. The Labute approximate surface area is 176 Å². The van der Waals surface area contributed by atoms with E-state index in [0.29, 0.717) is 12.0 Å². The van der Waals surface area contributed by atoms with Gasteiger partial charge in [-0.05, 0) is 43.0 Å². The van der Waals surface area contributed by atoms with Crippen molar-refractivity contribution < 1.29 is 9.18 Å². The van der Waals surface area contributed by atoms with E-state index >= 15 is 0 Å². The molecule has 1 aromatic carbocycles. The first-order valence-electron chi connectivity index (χ1n) is 10.7. The van der Waals surface area contributed by atoms with Gasteiger partial charge in [-0.15, -0.1) is 0 Å². The van der Waals surface area contributed by atoms with Gasteiger partial charge in [-0.1, -0.05) is 62.1 Å². The summed E-state index contributed by atoms with van der Waals surface area (Å²) in [6.07, 6.45) is 19.5. The Bertz CT molecular complexity index is 1100. The molecule has 2 heterocycles. The van der Waals surface area contributed by atoms with Gasteiger partial charge in [-0.2, -0.15) is 5.26 Å². The molecule has 0 N–H and O–H groups in total. The van der Waals surface area contributed by atoms with Crippen LogP contribution in [-0.4, -0.2) is 10.5 Å². The molecule has 1 aromatic heterocycles. The summed E-state index contributed by atoms with van der Waals surface area (Å²) in [6, 6.07) is 6.63. The number of aromatic nitrogens is 1. The zero-order chi connectivity index (χ0) is 20.9. The SMILES string of the molecule is N#Cc1ccc(-c2c3c(n4c2CCCCCCCCC4=O)C=CC=CC=C3)cc1F. The zero-order valence-corrected chi connectivity index (χ0v) is 17.0. The predicted molar refractivity (Wildman–Crippen MR) is 118 cm³/mol. The van der Waals surface area contributed by atoms with Crippen LogP contribution in [0.3, 0.4) is 0 Å². The molecule has 1 aliphatic heterocycles. The summed E-state index contributed by atoms with van der Waals surface area (Å²) in [5.41, 5.74) is 4.38. The van der Waals surface area contributed by atoms with Crippen molar-refractivity contribution in [3.63, 3.8) is 0 Å². The summed E-state index contributed by atoms with van der Waals surface area (Å²) in [5.74, 6) is -0.428. The molecule has 0 spiro atoms. The fourth-order valence-corrected chi connectivity index (χ4v) is 4.41. The van der Waals surface area contributed by atoms with E-state index in [4.69, 9.17) is 5.26 Å². The second kappa shape index (κ2) is 9.09. The van der Waals surface area contributed by atoms with Crippen molar-refractivity contribution in [1.29, 1.82) is 5.26 Å². The van der Waals surface area contributed by atoms with E-state index in [0.717, 1.165) is 54.6 Å². The maximum atomic E-state index is 14.5. The van der Waals surface area contributed by atoms with Gasteiger partial charge in [0.15, 0.2) is 0 Å². The maximum absolute atomic E-state index is 14.5. The standard InChI is InChI=1S/C26H25FN2O/c27-22-17-19(15-16-20(22)18-28)26-21-11-7-5-6-8-12-23(21)29-24(26)13-9-3-1-2-4-10-14-25(29)30/h5-8,11-12,15-17H,1-4,9-10,13-14H2. The molecule has 4 heteroatoms. The second-order valence-corrected chi connectivity index (χ2v) is 7.88. The lowest BCUT2D eigenvalue weighted by Crippen LogP contribution is -2.15.